The van der Waals surface area contributed by atoms with Crippen LogP contribution in [-0.2, 0) is 6.54 Å². The second kappa shape index (κ2) is 6.79. The Hall–Kier alpha value is -2.29. The zero-order valence-electron chi connectivity index (χ0n) is 14.2. The minimum Gasteiger partial charge on any atom is -0.379 e. The third-order valence-electron chi connectivity index (χ3n) is 4.62. The lowest BCUT2D eigenvalue weighted by atomic mass is 10.0. The highest BCUT2D eigenvalue weighted by Gasteiger charge is 2.32. The number of primary amides is 1. The minimum absolute atomic E-state index is 0.226. The van der Waals surface area contributed by atoms with Crippen molar-refractivity contribution in [3.05, 3.63) is 30.0 Å². The van der Waals surface area contributed by atoms with Gasteiger partial charge < -0.3 is 20.5 Å². The molecule has 1 aliphatic rings. The van der Waals surface area contributed by atoms with Crippen molar-refractivity contribution >= 4 is 22.5 Å². The fraction of sp³-hybridized carbons (Fsp3) is 0.471. The van der Waals surface area contributed by atoms with Crippen LogP contribution in [0.15, 0.2) is 24.3 Å². The summed E-state index contributed by atoms with van der Waals surface area (Å²) in [6.45, 7) is -0.316. The first-order valence-electron chi connectivity index (χ1n) is 8.23. The highest BCUT2D eigenvalue weighted by atomic mass is 19.4. The first-order chi connectivity index (χ1) is 12.2. The number of rotatable bonds is 4. The van der Waals surface area contributed by atoms with E-state index < -0.39 is 30.8 Å². The number of alkyl halides is 4. The normalized spacial score (nSPS) is 21.9. The lowest BCUT2D eigenvalue weighted by Gasteiger charge is -2.33. The van der Waals surface area contributed by atoms with E-state index in [0.29, 0.717) is 17.5 Å². The number of halogens is 4. The maximum atomic E-state index is 14.3. The van der Waals surface area contributed by atoms with Crippen molar-refractivity contribution < 1.29 is 22.4 Å². The van der Waals surface area contributed by atoms with Crippen LogP contribution in [0.4, 0.5) is 23.2 Å². The van der Waals surface area contributed by atoms with Gasteiger partial charge in [0, 0.05) is 24.2 Å². The van der Waals surface area contributed by atoms with Crippen LogP contribution >= 0.6 is 0 Å². The zero-order chi connectivity index (χ0) is 19.1. The van der Waals surface area contributed by atoms with Gasteiger partial charge in [0.1, 0.15) is 18.4 Å². The fourth-order valence-corrected chi connectivity index (χ4v) is 3.38. The number of hydrogen-bond donors (Lipinski definition) is 2. The number of benzene rings is 1. The number of amides is 1. The molecule has 1 saturated heterocycles. The van der Waals surface area contributed by atoms with Crippen LogP contribution in [0.2, 0.25) is 0 Å². The second-order valence-electron chi connectivity index (χ2n) is 6.65. The summed E-state index contributed by atoms with van der Waals surface area (Å²) in [4.78, 5) is 13.5. The molecule has 1 fully saturated rings. The number of likely N-dealkylation sites (tertiary alicyclic amines) is 1. The van der Waals surface area contributed by atoms with Gasteiger partial charge in [-0.05, 0) is 31.7 Å². The molecule has 2 aromatic rings. The van der Waals surface area contributed by atoms with Gasteiger partial charge in [-0.15, -0.1) is 0 Å². The molecular weight excluding hydrogens is 352 g/mol. The highest BCUT2D eigenvalue weighted by Crippen LogP contribution is 2.31. The second-order valence-corrected chi connectivity index (χ2v) is 6.65. The molecule has 142 valence electrons. The van der Waals surface area contributed by atoms with Gasteiger partial charge in [-0.3, -0.25) is 4.79 Å². The van der Waals surface area contributed by atoms with Crippen molar-refractivity contribution in [1.82, 2.24) is 9.47 Å². The number of piperidine rings is 1. The van der Waals surface area contributed by atoms with Crippen molar-refractivity contribution in [3.63, 3.8) is 0 Å². The Labute approximate surface area is 147 Å². The Morgan fingerprint density at radius 1 is 1.38 bits per heavy atom. The molecule has 3 N–H and O–H groups in total. The highest BCUT2D eigenvalue weighted by molar-refractivity contribution is 6.02. The monoisotopic (exact) mass is 372 g/mol. The SMILES string of the molecule is CN1CC[C@@H](Nc2cccc3c2cc(C(N)=O)n3CC(F)(F)F)[C@@H](F)C1. The molecule has 1 aliphatic heterocycles. The van der Waals surface area contributed by atoms with Gasteiger partial charge >= 0.3 is 6.18 Å². The van der Waals surface area contributed by atoms with Crippen LogP contribution in [0.3, 0.4) is 0 Å². The first kappa shape index (κ1) is 18.5. The van der Waals surface area contributed by atoms with E-state index in [2.05, 4.69) is 5.32 Å². The van der Waals surface area contributed by atoms with Crippen LogP contribution in [-0.4, -0.2) is 53.9 Å². The molecule has 0 spiro atoms. The molecule has 3 rings (SSSR count). The largest absolute Gasteiger partial charge is 0.406 e. The third kappa shape index (κ3) is 3.77. The van der Waals surface area contributed by atoms with Crippen LogP contribution in [0.1, 0.15) is 16.9 Å². The number of carbonyl (C=O) groups excluding carboxylic acids is 1. The van der Waals surface area contributed by atoms with Gasteiger partial charge in [0.15, 0.2) is 0 Å². The first-order valence-corrected chi connectivity index (χ1v) is 8.23. The standard InChI is InChI=1S/C17H20F4N4O/c1-24-6-5-13(11(18)8-24)23-12-3-2-4-14-10(12)7-15(16(22)26)25(14)9-17(19,20)21/h2-4,7,11,13,23H,5-6,8-9H2,1H3,(H2,22,26)/t11-,13+/m0/s1. The van der Waals surface area contributed by atoms with Crippen molar-refractivity contribution in [1.29, 1.82) is 0 Å². The number of aromatic nitrogens is 1. The summed E-state index contributed by atoms with van der Waals surface area (Å²) >= 11 is 0. The number of carbonyl (C=O) groups is 1. The minimum atomic E-state index is -4.50. The number of nitrogens with zero attached hydrogens (tertiary/aromatic N) is 2. The molecule has 1 amide bonds. The Morgan fingerprint density at radius 2 is 2.12 bits per heavy atom. The summed E-state index contributed by atoms with van der Waals surface area (Å²) in [7, 11) is 1.83. The van der Waals surface area contributed by atoms with E-state index in [0.717, 1.165) is 11.1 Å². The van der Waals surface area contributed by atoms with Gasteiger partial charge in [-0.2, -0.15) is 13.2 Å². The lowest BCUT2D eigenvalue weighted by molar-refractivity contribution is -0.140. The van der Waals surface area contributed by atoms with Gasteiger partial charge in [0.25, 0.3) is 5.91 Å². The Kier molecular flexibility index (Phi) is 4.83. The maximum absolute atomic E-state index is 14.3. The van der Waals surface area contributed by atoms with Gasteiger partial charge in [0.05, 0.1) is 11.6 Å². The number of nitrogens with two attached hydrogens (primary N) is 1. The maximum Gasteiger partial charge on any atom is 0.406 e. The molecule has 2 atom stereocenters. The van der Waals surface area contributed by atoms with Crippen molar-refractivity contribution in [2.45, 2.75) is 31.4 Å². The molecule has 5 nitrogen and oxygen atoms in total. The van der Waals surface area contributed by atoms with Crippen LogP contribution in [0, 0.1) is 0 Å². The average Bonchev–Trinajstić information content (AvgIpc) is 2.88. The summed E-state index contributed by atoms with van der Waals surface area (Å²) in [5.74, 6) is -0.945. The van der Waals surface area contributed by atoms with E-state index in [9.17, 15) is 22.4 Å². The molecule has 0 bridgehead atoms. The summed E-state index contributed by atoms with van der Waals surface area (Å²) in [6.07, 6.45) is -5.03. The molecule has 0 radical (unpaired) electrons. The Balaban J connectivity index is 2.00. The van der Waals surface area contributed by atoms with E-state index in [4.69, 9.17) is 5.73 Å². The van der Waals surface area contributed by atoms with Crippen molar-refractivity contribution in [2.24, 2.45) is 5.73 Å². The Bertz CT molecular complexity index is 817. The van der Waals surface area contributed by atoms with E-state index in [1.165, 1.54) is 12.1 Å². The van der Waals surface area contributed by atoms with E-state index in [1.54, 1.807) is 12.1 Å². The summed E-state index contributed by atoms with van der Waals surface area (Å²) in [6, 6.07) is 5.61. The predicted octanol–water partition coefficient (Wildman–Crippen LogP) is 2.76. The topological polar surface area (TPSA) is 63.3 Å². The molecular formula is C17H20F4N4O. The molecule has 1 aromatic heterocycles. The summed E-state index contributed by atoms with van der Waals surface area (Å²) in [5, 5.41) is 3.50. The zero-order valence-corrected chi connectivity index (χ0v) is 14.2. The summed E-state index contributed by atoms with van der Waals surface area (Å²) in [5.41, 5.74) is 5.74. The van der Waals surface area contributed by atoms with Crippen LogP contribution in [0.5, 0.6) is 0 Å². The van der Waals surface area contributed by atoms with E-state index >= 15 is 0 Å². The number of anilines is 1. The van der Waals surface area contributed by atoms with Gasteiger partial charge in [-0.1, -0.05) is 6.07 Å². The van der Waals surface area contributed by atoms with Crippen molar-refractivity contribution in [2.75, 3.05) is 25.5 Å². The molecule has 1 aromatic carbocycles. The van der Waals surface area contributed by atoms with Gasteiger partial charge in [0.2, 0.25) is 0 Å². The number of fused-ring (bicyclic) bond motifs is 1. The molecule has 2 heterocycles. The number of nitrogens with one attached hydrogen (secondary N) is 1. The molecule has 0 saturated carbocycles. The Morgan fingerprint density at radius 3 is 2.73 bits per heavy atom. The van der Waals surface area contributed by atoms with Gasteiger partial charge in [-0.25, -0.2) is 4.39 Å². The smallest absolute Gasteiger partial charge is 0.379 e. The van der Waals surface area contributed by atoms with E-state index in [-0.39, 0.29) is 17.8 Å². The molecule has 9 heteroatoms. The molecule has 26 heavy (non-hydrogen) atoms. The summed E-state index contributed by atoms with van der Waals surface area (Å²) < 4.78 is 53.9. The van der Waals surface area contributed by atoms with Crippen LogP contribution in [0.25, 0.3) is 10.9 Å². The number of hydrogen-bond acceptors (Lipinski definition) is 3. The van der Waals surface area contributed by atoms with E-state index in [1.807, 2.05) is 11.9 Å². The average molecular weight is 372 g/mol. The van der Waals surface area contributed by atoms with Crippen molar-refractivity contribution in [3.8, 4) is 0 Å². The lowest BCUT2D eigenvalue weighted by Crippen LogP contribution is -2.46. The third-order valence-corrected chi connectivity index (χ3v) is 4.62. The quantitative estimate of drug-likeness (QED) is 0.812. The predicted molar refractivity (Wildman–Crippen MR) is 90.9 cm³/mol. The fourth-order valence-electron chi connectivity index (χ4n) is 3.38. The van der Waals surface area contributed by atoms with Crippen LogP contribution < -0.4 is 11.1 Å². The molecule has 0 aliphatic carbocycles. The molecule has 0 unspecified atom stereocenters.